The van der Waals surface area contributed by atoms with E-state index in [9.17, 15) is 14.4 Å². The quantitative estimate of drug-likeness (QED) is 0.480. The van der Waals surface area contributed by atoms with Crippen LogP contribution in [0, 0.1) is 24.1 Å². The van der Waals surface area contributed by atoms with E-state index in [-0.39, 0.29) is 36.5 Å². The molecule has 2 aromatic carbocycles. The Morgan fingerprint density at radius 2 is 2.10 bits per heavy atom. The third-order valence-electron chi connectivity index (χ3n) is 4.55. The van der Waals surface area contributed by atoms with Crippen LogP contribution in [0.1, 0.15) is 41.2 Å². The van der Waals surface area contributed by atoms with Crippen LogP contribution in [0.2, 0.25) is 0 Å². The molecular weight excluding hydrogens is 405 g/mol. The van der Waals surface area contributed by atoms with Crippen LogP contribution in [0.5, 0.6) is 11.5 Å². The minimum Gasteiger partial charge on any atom is -0.489 e. The number of hydrogen-bond acceptors (Lipinski definition) is 5. The minimum absolute atomic E-state index is 0.0245. The van der Waals surface area contributed by atoms with Crippen LogP contribution in [-0.2, 0) is 11.4 Å². The van der Waals surface area contributed by atoms with E-state index in [1.807, 2.05) is 54.1 Å². The van der Waals surface area contributed by atoms with E-state index >= 15 is 0 Å². The second-order valence-corrected chi connectivity index (χ2v) is 7.49. The van der Waals surface area contributed by atoms with Gasteiger partial charge < -0.3 is 14.6 Å². The molecule has 0 spiro atoms. The van der Waals surface area contributed by atoms with Gasteiger partial charge in [0.05, 0.1) is 0 Å². The maximum absolute atomic E-state index is 14.5. The van der Waals surface area contributed by atoms with Gasteiger partial charge in [-0.1, -0.05) is 24.3 Å². The number of carboxylic acids is 1. The highest BCUT2D eigenvalue weighted by atomic mass is 32.1. The first-order valence-corrected chi connectivity index (χ1v) is 10.2. The molecule has 0 aliphatic carbocycles. The molecule has 0 fully saturated rings. The first-order chi connectivity index (χ1) is 14.5. The van der Waals surface area contributed by atoms with E-state index < -0.39 is 17.9 Å². The number of carbonyl (C=O) groups is 1. The highest BCUT2D eigenvalue weighted by Crippen LogP contribution is 2.34. The van der Waals surface area contributed by atoms with Gasteiger partial charge in [0.1, 0.15) is 41.7 Å². The van der Waals surface area contributed by atoms with E-state index in [2.05, 4.69) is 0 Å². The summed E-state index contributed by atoms with van der Waals surface area (Å²) in [5.74, 6) is -1.46. The summed E-state index contributed by atoms with van der Waals surface area (Å²) in [6.07, 6.45) is -0.606. The van der Waals surface area contributed by atoms with Crippen LogP contribution < -0.4 is 9.47 Å². The molecule has 3 rings (SSSR count). The fraction of sp³-hybridized carbons (Fsp3) is 0.217. The summed E-state index contributed by atoms with van der Waals surface area (Å²) in [5.41, 5.74) is 2.41. The standard InChI is InChI=1S/C23H20FNO4S/c1-15-4-2-3-5-18(15)21(6-7-23(26)27)29-22-11-17(10-20(24)19(22)12-25)28-13-16-8-9-30-14-16/h2-5,8-11,14,21H,6-7,13H2,1H3,(H,26,27). The van der Waals surface area contributed by atoms with Crippen LogP contribution >= 0.6 is 11.3 Å². The third-order valence-corrected chi connectivity index (χ3v) is 5.28. The van der Waals surface area contributed by atoms with Crippen molar-refractivity contribution in [2.45, 2.75) is 32.5 Å². The van der Waals surface area contributed by atoms with Gasteiger partial charge in [-0.15, -0.1) is 0 Å². The lowest BCUT2D eigenvalue weighted by Crippen LogP contribution is -2.13. The maximum Gasteiger partial charge on any atom is 0.303 e. The monoisotopic (exact) mass is 425 g/mol. The van der Waals surface area contributed by atoms with Gasteiger partial charge in [0, 0.05) is 18.6 Å². The number of thiophene rings is 1. The number of carboxylic acid groups (broad SMARTS) is 1. The summed E-state index contributed by atoms with van der Waals surface area (Å²) >= 11 is 1.53. The number of nitriles is 1. The van der Waals surface area contributed by atoms with Gasteiger partial charge in [-0.25, -0.2) is 4.39 Å². The fourth-order valence-electron chi connectivity index (χ4n) is 3.02. The predicted octanol–water partition coefficient (Wildman–Crippen LogP) is 5.63. The normalized spacial score (nSPS) is 11.5. The molecule has 0 saturated carbocycles. The molecule has 154 valence electrons. The molecule has 1 heterocycles. The zero-order valence-electron chi connectivity index (χ0n) is 16.3. The zero-order valence-corrected chi connectivity index (χ0v) is 17.1. The Morgan fingerprint density at radius 3 is 2.77 bits per heavy atom. The van der Waals surface area contributed by atoms with Crippen LogP contribution in [-0.4, -0.2) is 11.1 Å². The summed E-state index contributed by atoms with van der Waals surface area (Å²) in [6, 6.07) is 13.8. The summed E-state index contributed by atoms with van der Waals surface area (Å²) in [6.45, 7) is 2.15. The van der Waals surface area contributed by atoms with Crippen molar-refractivity contribution in [1.82, 2.24) is 0 Å². The summed E-state index contributed by atoms with van der Waals surface area (Å²) < 4.78 is 26.2. The van der Waals surface area contributed by atoms with Crippen LogP contribution in [0.4, 0.5) is 4.39 Å². The number of hydrogen-bond donors (Lipinski definition) is 1. The lowest BCUT2D eigenvalue weighted by Gasteiger charge is -2.22. The second kappa shape index (κ2) is 9.90. The largest absolute Gasteiger partial charge is 0.489 e. The van der Waals surface area contributed by atoms with Crippen molar-refractivity contribution >= 4 is 17.3 Å². The van der Waals surface area contributed by atoms with Crippen molar-refractivity contribution in [2.75, 3.05) is 0 Å². The Labute approximate surface area is 177 Å². The van der Waals surface area contributed by atoms with E-state index in [0.717, 1.165) is 22.8 Å². The highest BCUT2D eigenvalue weighted by molar-refractivity contribution is 7.07. The average molecular weight is 425 g/mol. The highest BCUT2D eigenvalue weighted by Gasteiger charge is 2.21. The number of rotatable bonds is 9. The molecule has 0 bridgehead atoms. The Kier molecular flexibility index (Phi) is 7.04. The SMILES string of the molecule is Cc1ccccc1C(CCC(=O)O)Oc1cc(OCc2ccsc2)cc(F)c1C#N. The number of ether oxygens (including phenoxy) is 2. The molecule has 0 radical (unpaired) electrons. The van der Waals surface area contributed by atoms with Crippen LogP contribution in [0.3, 0.4) is 0 Å². The molecule has 0 saturated heterocycles. The molecule has 5 nitrogen and oxygen atoms in total. The summed E-state index contributed by atoms with van der Waals surface area (Å²) in [5, 5.41) is 22.4. The van der Waals surface area contributed by atoms with E-state index in [1.165, 1.54) is 17.4 Å². The molecule has 3 aromatic rings. The smallest absolute Gasteiger partial charge is 0.303 e. The molecule has 7 heteroatoms. The first-order valence-electron chi connectivity index (χ1n) is 9.29. The first kappa shape index (κ1) is 21.3. The molecule has 1 unspecified atom stereocenters. The zero-order chi connectivity index (χ0) is 21.5. The van der Waals surface area contributed by atoms with Crippen molar-refractivity contribution in [3.63, 3.8) is 0 Å². The molecular formula is C23H20FNO4S. The van der Waals surface area contributed by atoms with Crippen molar-refractivity contribution in [3.8, 4) is 17.6 Å². The van der Waals surface area contributed by atoms with Crippen molar-refractivity contribution in [1.29, 1.82) is 5.26 Å². The van der Waals surface area contributed by atoms with Crippen LogP contribution in [0.25, 0.3) is 0 Å². The van der Waals surface area contributed by atoms with Gasteiger partial charge in [0.2, 0.25) is 0 Å². The Balaban J connectivity index is 1.91. The van der Waals surface area contributed by atoms with E-state index in [1.54, 1.807) is 0 Å². The number of halogens is 1. The summed E-state index contributed by atoms with van der Waals surface area (Å²) in [7, 11) is 0. The fourth-order valence-corrected chi connectivity index (χ4v) is 3.67. The lowest BCUT2D eigenvalue weighted by molar-refractivity contribution is -0.137. The van der Waals surface area contributed by atoms with Gasteiger partial charge in [0.15, 0.2) is 0 Å². The molecule has 0 amide bonds. The number of nitrogens with zero attached hydrogens (tertiary/aromatic N) is 1. The van der Waals surface area contributed by atoms with Gasteiger partial charge in [-0.05, 0) is 46.9 Å². The van der Waals surface area contributed by atoms with Gasteiger partial charge in [0.25, 0.3) is 0 Å². The van der Waals surface area contributed by atoms with Crippen molar-refractivity contribution < 1.29 is 23.8 Å². The second-order valence-electron chi connectivity index (χ2n) is 6.71. The van der Waals surface area contributed by atoms with Crippen LogP contribution in [0.15, 0.2) is 53.2 Å². The van der Waals surface area contributed by atoms with Gasteiger partial charge in [-0.3, -0.25) is 4.79 Å². The van der Waals surface area contributed by atoms with Gasteiger partial charge >= 0.3 is 5.97 Å². The van der Waals surface area contributed by atoms with E-state index in [0.29, 0.717) is 0 Å². The van der Waals surface area contributed by atoms with E-state index in [4.69, 9.17) is 14.6 Å². The Hall–Kier alpha value is -3.37. The molecule has 1 aromatic heterocycles. The number of benzene rings is 2. The predicted molar refractivity (Wildman–Crippen MR) is 111 cm³/mol. The maximum atomic E-state index is 14.5. The minimum atomic E-state index is -0.961. The van der Waals surface area contributed by atoms with Gasteiger partial charge in [-0.2, -0.15) is 16.6 Å². The topological polar surface area (TPSA) is 79.6 Å². The Morgan fingerprint density at radius 1 is 1.30 bits per heavy atom. The molecule has 1 atom stereocenters. The molecule has 0 aliphatic rings. The molecule has 1 N–H and O–H groups in total. The average Bonchev–Trinajstić information content (AvgIpc) is 3.23. The number of aryl methyl sites for hydroxylation is 1. The number of aliphatic carboxylic acids is 1. The third kappa shape index (κ3) is 5.37. The molecule has 0 aliphatic heterocycles. The lowest BCUT2D eigenvalue weighted by atomic mass is 9.99. The molecule has 30 heavy (non-hydrogen) atoms. The summed E-state index contributed by atoms with van der Waals surface area (Å²) in [4.78, 5) is 11.1. The Bertz CT molecular complexity index is 1060. The van der Waals surface area contributed by atoms with Crippen molar-refractivity contribution in [2.24, 2.45) is 0 Å². The van der Waals surface area contributed by atoms with Crippen molar-refractivity contribution in [3.05, 3.63) is 81.3 Å².